The van der Waals surface area contributed by atoms with Gasteiger partial charge in [0.25, 0.3) is 0 Å². The molecule has 3 heteroatoms. The fraction of sp³-hybridized carbons (Fsp3) is 0.429. The van der Waals surface area contributed by atoms with E-state index in [4.69, 9.17) is 4.52 Å². The predicted molar refractivity (Wildman–Crippen MR) is 34.7 cm³/mol. The van der Waals surface area contributed by atoms with Crippen LogP contribution < -0.4 is 0 Å². The molecule has 0 amide bonds. The summed E-state index contributed by atoms with van der Waals surface area (Å²) < 4.78 is 4.84. The normalized spacial score (nSPS) is 9.10. The smallest absolute Gasteiger partial charge is 0 e. The van der Waals surface area contributed by atoms with Crippen LogP contribution in [-0.2, 0) is 32.7 Å². The zero-order valence-corrected chi connectivity index (χ0v) is 9.08. The van der Waals surface area contributed by atoms with E-state index in [1.807, 2.05) is 12.5 Å². The Bertz CT molecular complexity index is 160. The SMILES string of the molecule is CC(C)[CH-]c1ccno1.[Y]. The summed E-state index contributed by atoms with van der Waals surface area (Å²) in [5.41, 5.74) is 0. The molecule has 10 heavy (non-hydrogen) atoms. The summed E-state index contributed by atoms with van der Waals surface area (Å²) in [5, 5.41) is 3.57. The van der Waals surface area contributed by atoms with Crippen LogP contribution >= 0.6 is 0 Å². The second-order valence-corrected chi connectivity index (χ2v) is 2.33. The summed E-state index contributed by atoms with van der Waals surface area (Å²) in [5.74, 6) is 1.38. The summed E-state index contributed by atoms with van der Waals surface area (Å²) in [4.78, 5) is 0. The number of hydrogen-bond acceptors (Lipinski definition) is 2. The number of hydrogen-bond donors (Lipinski definition) is 0. The summed E-state index contributed by atoms with van der Waals surface area (Å²) in [6.07, 6.45) is 3.67. The monoisotopic (exact) mass is 213 g/mol. The molecule has 1 aromatic rings. The third-order valence-electron chi connectivity index (χ3n) is 0.955. The van der Waals surface area contributed by atoms with Crippen molar-refractivity contribution in [1.82, 2.24) is 5.16 Å². The van der Waals surface area contributed by atoms with Gasteiger partial charge in [0.2, 0.25) is 0 Å². The molecule has 1 aromatic heterocycles. The van der Waals surface area contributed by atoms with Crippen molar-refractivity contribution in [3.8, 4) is 0 Å². The van der Waals surface area contributed by atoms with Crippen LogP contribution in [0.15, 0.2) is 16.8 Å². The molecule has 0 saturated heterocycles. The number of rotatable bonds is 2. The van der Waals surface area contributed by atoms with Gasteiger partial charge in [-0.1, -0.05) is 19.8 Å². The standard InChI is InChI=1S/C7H10NO.Y/c1-6(2)5-7-3-4-8-9-7;/h3-6H,1-2H3;/q-1;. The maximum Gasteiger partial charge on any atom is 0 e. The van der Waals surface area contributed by atoms with Gasteiger partial charge in [0.1, 0.15) is 0 Å². The van der Waals surface area contributed by atoms with Gasteiger partial charge in [0, 0.05) is 32.7 Å². The van der Waals surface area contributed by atoms with Gasteiger partial charge in [-0.05, 0) is 12.0 Å². The van der Waals surface area contributed by atoms with Crippen LogP contribution in [0, 0.1) is 12.3 Å². The molecule has 0 saturated carbocycles. The molecule has 2 nitrogen and oxygen atoms in total. The minimum absolute atomic E-state index is 0. The minimum atomic E-state index is 0. The van der Waals surface area contributed by atoms with Crippen molar-refractivity contribution in [3.63, 3.8) is 0 Å². The molecular weight excluding hydrogens is 203 g/mol. The summed E-state index contributed by atoms with van der Waals surface area (Å²) in [6, 6.07) is 1.85. The zero-order valence-electron chi connectivity index (χ0n) is 6.24. The van der Waals surface area contributed by atoms with Crippen LogP contribution in [0.2, 0.25) is 0 Å². The Morgan fingerprint density at radius 3 is 2.70 bits per heavy atom. The fourth-order valence-corrected chi connectivity index (χ4v) is 0.640. The van der Waals surface area contributed by atoms with Crippen LogP contribution in [0.5, 0.6) is 0 Å². The molecule has 0 aliphatic carbocycles. The van der Waals surface area contributed by atoms with Crippen LogP contribution in [0.1, 0.15) is 19.6 Å². The van der Waals surface area contributed by atoms with Crippen molar-refractivity contribution >= 4 is 0 Å². The first kappa shape index (κ1) is 10.2. The maximum atomic E-state index is 4.84. The van der Waals surface area contributed by atoms with Gasteiger partial charge >= 0.3 is 0 Å². The fourth-order valence-electron chi connectivity index (χ4n) is 0.640. The van der Waals surface area contributed by atoms with Gasteiger partial charge in [-0.25, -0.2) is 0 Å². The van der Waals surface area contributed by atoms with Crippen molar-refractivity contribution in [1.29, 1.82) is 0 Å². The summed E-state index contributed by atoms with van der Waals surface area (Å²) >= 11 is 0. The van der Waals surface area contributed by atoms with E-state index in [0.29, 0.717) is 5.92 Å². The minimum Gasteiger partial charge on any atom is -0.397 e. The molecule has 0 aliphatic rings. The third-order valence-corrected chi connectivity index (χ3v) is 0.955. The second-order valence-electron chi connectivity index (χ2n) is 2.33. The molecule has 0 atom stereocenters. The van der Waals surface area contributed by atoms with E-state index in [2.05, 4.69) is 19.0 Å². The van der Waals surface area contributed by atoms with Gasteiger partial charge < -0.3 is 4.52 Å². The van der Waals surface area contributed by atoms with Crippen molar-refractivity contribution in [3.05, 3.63) is 24.4 Å². The average Bonchev–Trinajstić information content (AvgIpc) is 2.15. The molecule has 53 valence electrons. The molecule has 0 unspecified atom stereocenters. The largest absolute Gasteiger partial charge is 0.397 e. The molecule has 0 spiro atoms. The molecule has 0 N–H and O–H groups in total. The Balaban J connectivity index is 0.000000810. The molecule has 0 aliphatic heterocycles. The number of aromatic nitrogens is 1. The third kappa shape index (κ3) is 3.38. The first-order valence-electron chi connectivity index (χ1n) is 3.04. The van der Waals surface area contributed by atoms with Gasteiger partial charge in [0.15, 0.2) is 0 Å². The van der Waals surface area contributed by atoms with Crippen molar-refractivity contribution < 1.29 is 37.2 Å². The first-order valence-corrected chi connectivity index (χ1v) is 3.04. The van der Waals surface area contributed by atoms with E-state index in [1.165, 1.54) is 0 Å². The van der Waals surface area contributed by atoms with Gasteiger partial charge in [-0.3, -0.25) is 0 Å². The second kappa shape index (κ2) is 4.92. The van der Waals surface area contributed by atoms with Gasteiger partial charge in [0.05, 0.1) is 0 Å². The Labute approximate surface area is 86.2 Å². The Morgan fingerprint density at radius 1 is 1.60 bits per heavy atom. The van der Waals surface area contributed by atoms with Gasteiger partial charge in [-0.2, -0.15) is 6.42 Å². The Kier molecular flexibility index (Phi) is 5.01. The summed E-state index contributed by atoms with van der Waals surface area (Å²) in [6.45, 7) is 4.20. The Hall–Kier alpha value is 0.184. The van der Waals surface area contributed by atoms with Gasteiger partial charge in [-0.15, -0.1) is 11.2 Å². The molecule has 1 rings (SSSR count). The van der Waals surface area contributed by atoms with Crippen LogP contribution in [0.4, 0.5) is 0 Å². The molecule has 1 radical (unpaired) electrons. The molecule has 0 fully saturated rings. The quantitative estimate of drug-likeness (QED) is 0.701. The van der Waals surface area contributed by atoms with E-state index in [9.17, 15) is 0 Å². The number of nitrogens with zero attached hydrogens (tertiary/aromatic N) is 1. The van der Waals surface area contributed by atoms with Crippen molar-refractivity contribution in [2.75, 3.05) is 0 Å². The maximum absolute atomic E-state index is 4.84. The van der Waals surface area contributed by atoms with Crippen LogP contribution in [0.25, 0.3) is 0 Å². The van der Waals surface area contributed by atoms with E-state index in [-0.39, 0.29) is 32.7 Å². The molecular formula is C7H10NOY-. The van der Waals surface area contributed by atoms with Crippen LogP contribution in [0.3, 0.4) is 0 Å². The van der Waals surface area contributed by atoms with E-state index in [1.54, 1.807) is 6.20 Å². The zero-order chi connectivity index (χ0) is 6.69. The summed E-state index contributed by atoms with van der Waals surface area (Å²) in [7, 11) is 0. The topological polar surface area (TPSA) is 26.0 Å². The van der Waals surface area contributed by atoms with Crippen molar-refractivity contribution in [2.24, 2.45) is 5.92 Å². The Morgan fingerprint density at radius 2 is 2.30 bits per heavy atom. The van der Waals surface area contributed by atoms with Crippen LogP contribution in [-0.4, -0.2) is 5.16 Å². The molecule has 0 aromatic carbocycles. The van der Waals surface area contributed by atoms with E-state index < -0.39 is 0 Å². The van der Waals surface area contributed by atoms with E-state index in [0.717, 1.165) is 5.76 Å². The average molecular weight is 213 g/mol. The molecule has 1 heterocycles. The van der Waals surface area contributed by atoms with Crippen molar-refractivity contribution in [2.45, 2.75) is 13.8 Å². The van der Waals surface area contributed by atoms with E-state index >= 15 is 0 Å². The first-order chi connectivity index (χ1) is 4.29. The predicted octanol–water partition coefficient (Wildman–Crippen LogP) is 1.88. The molecule has 0 bridgehead atoms.